The Hall–Kier alpha value is -2.79. The lowest BCUT2D eigenvalue weighted by atomic mass is 10.1. The number of pyridine rings is 1. The minimum absolute atomic E-state index is 0.0206. The summed E-state index contributed by atoms with van der Waals surface area (Å²) in [6, 6.07) is 15.9. The van der Waals surface area contributed by atoms with Crippen LogP contribution in [0.5, 0.6) is 0 Å². The van der Waals surface area contributed by atoms with E-state index in [1.807, 2.05) is 42.6 Å². The van der Waals surface area contributed by atoms with Crippen molar-refractivity contribution in [1.82, 2.24) is 10.3 Å². The SMILES string of the molecule is CCCCNC(=O)c1ccc2ccnc(N3CCN(c4ccc(Cl)cc4)CC3)c2c1. The Labute approximate surface area is 182 Å². The van der Waals surface area contributed by atoms with Crippen LogP contribution in [0, 0.1) is 0 Å². The van der Waals surface area contributed by atoms with Crippen LogP contribution in [0.4, 0.5) is 11.5 Å². The number of carbonyl (C=O) groups excluding carboxylic acids is 1. The van der Waals surface area contributed by atoms with E-state index in [0.29, 0.717) is 12.1 Å². The van der Waals surface area contributed by atoms with Crippen LogP contribution in [0.3, 0.4) is 0 Å². The van der Waals surface area contributed by atoms with Crippen LogP contribution in [0.2, 0.25) is 5.02 Å². The van der Waals surface area contributed by atoms with Gasteiger partial charge in [-0.05, 0) is 54.3 Å². The van der Waals surface area contributed by atoms with Gasteiger partial charge in [-0.15, -0.1) is 0 Å². The van der Waals surface area contributed by atoms with Crippen molar-refractivity contribution in [2.45, 2.75) is 19.8 Å². The first kappa shape index (κ1) is 20.5. The van der Waals surface area contributed by atoms with Gasteiger partial charge in [-0.25, -0.2) is 4.98 Å². The van der Waals surface area contributed by atoms with Crippen molar-refractivity contribution in [3.63, 3.8) is 0 Å². The zero-order valence-corrected chi connectivity index (χ0v) is 18.0. The third-order valence-electron chi connectivity index (χ3n) is 5.59. The molecule has 1 fully saturated rings. The molecular formula is C24H27ClN4O. The maximum absolute atomic E-state index is 12.5. The Balaban J connectivity index is 1.51. The second-order valence-corrected chi connectivity index (χ2v) is 8.07. The van der Waals surface area contributed by atoms with Crippen LogP contribution in [0.25, 0.3) is 10.8 Å². The van der Waals surface area contributed by atoms with Gasteiger partial charge in [-0.2, -0.15) is 0 Å². The highest BCUT2D eigenvalue weighted by Gasteiger charge is 2.20. The lowest BCUT2D eigenvalue weighted by Crippen LogP contribution is -2.46. The number of hydrogen-bond acceptors (Lipinski definition) is 4. The van der Waals surface area contributed by atoms with E-state index in [0.717, 1.165) is 60.6 Å². The van der Waals surface area contributed by atoms with Crippen molar-refractivity contribution in [2.75, 3.05) is 42.5 Å². The van der Waals surface area contributed by atoms with Gasteiger partial charge in [-0.1, -0.05) is 31.0 Å². The number of amides is 1. The Bertz CT molecular complexity index is 1010. The van der Waals surface area contributed by atoms with Gasteiger partial charge in [0.25, 0.3) is 5.91 Å². The largest absolute Gasteiger partial charge is 0.368 e. The number of anilines is 2. The molecule has 2 heterocycles. The first-order valence-corrected chi connectivity index (χ1v) is 11.0. The van der Waals surface area contributed by atoms with Crippen LogP contribution in [0.1, 0.15) is 30.1 Å². The number of piperazine rings is 1. The highest BCUT2D eigenvalue weighted by atomic mass is 35.5. The number of halogens is 1. The molecule has 0 radical (unpaired) electrons. The summed E-state index contributed by atoms with van der Waals surface area (Å²) in [6.45, 7) is 6.41. The van der Waals surface area contributed by atoms with E-state index in [1.54, 1.807) is 0 Å². The number of aromatic nitrogens is 1. The first-order valence-electron chi connectivity index (χ1n) is 10.6. The lowest BCUT2D eigenvalue weighted by molar-refractivity contribution is 0.0953. The number of nitrogens with one attached hydrogen (secondary N) is 1. The van der Waals surface area contributed by atoms with Gasteiger partial charge in [-0.3, -0.25) is 4.79 Å². The Morgan fingerprint density at radius 3 is 2.50 bits per heavy atom. The second kappa shape index (κ2) is 9.35. The highest BCUT2D eigenvalue weighted by molar-refractivity contribution is 6.30. The summed E-state index contributed by atoms with van der Waals surface area (Å²) in [7, 11) is 0. The third-order valence-corrected chi connectivity index (χ3v) is 5.85. The molecule has 1 N–H and O–H groups in total. The molecule has 0 saturated carbocycles. The Morgan fingerprint density at radius 1 is 1.03 bits per heavy atom. The highest BCUT2D eigenvalue weighted by Crippen LogP contribution is 2.28. The van der Waals surface area contributed by atoms with E-state index < -0.39 is 0 Å². The quantitative estimate of drug-likeness (QED) is 0.582. The summed E-state index contributed by atoms with van der Waals surface area (Å²) in [4.78, 5) is 21.9. The zero-order chi connectivity index (χ0) is 20.9. The van der Waals surface area contributed by atoms with E-state index in [4.69, 9.17) is 11.6 Å². The van der Waals surface area contributed by atoms with Crippen molar-refractivity contribution in [3.05, 3.63) is 65.3 Å². The molecule has 5 nitrogen and oxygen atoms in total. The fraction of sp³-hybridized carbons (Fsp3) is 0.333. The summed E-state index contributed by atoms with van der Waals surface area (Å²) < 4.78 is 0. The number of carbonyl (C=O) groups is 1. The van der Waals surface area contributed by atoms with Gasteiger partial charge in [0.1, 0.15) is 5.82 Å². The third kappa shape index (κ3) is 4.51. The minimum atomic E-state index is -0.0206. The number of fused-ring (bicyclic) bond motifs is 1. The Kier molecular flexibility index (Phi) is 6.38. The molecule has 1 aliphatic rings. The molecule has 0 bridgehead atoms. The molecule has 0 unspecified atom stereocenters. The van der Waals surface area contributed by atoms with Crippen LogP contribution in [-0.4, -0.2) is 43.6 Å². The zero-order valence-electron chi connectivity index (χ0n) is 17.3. The standard InChI is InChI=1S/C24H27ClN4O/c1-2-3-11-27-24(30)19-5-4-18-10-12-26-23(22(18)17-19)29-15-13-28(14-16-29)21-8-6-20(25)7-9-21/h4-10,12,17H,2-3,11,13-16H2,1H3,(H,27,30). The van der Waals surface area contributed by atoms with Gasteiger partial charge in [0.15, 0.2) is 0 Å². The molecule has 0 aliphatic carbocycles. The topological polar surface area (TPSA) is 48.5 Å². The number of nitrogens with zero attached hydrogens (tertiary/aromatic N) is 3. The second-order valence-electron chi connectivity index (χ2n) is 7.63. The number of benzene rings is 2. The van der Waals surface area contributed by atoms with Gasteiger partial charge >= 0.3 is 0 Å². The molecule has 156 valence electrons. The maximum atomic E-state index is 12.5. The van der Waals surface area contributed by atoms with Crippen molar-refractivity contribution in [3.8, 4) is 0 Å². The fourth-order valence-corrected chi connectivity index (χ4v) is 3.98. The van der Waals surface area contributed by atoms with Crippen LogP contribution < -0.4 is 15.1 Å². The molecule has 1 amide bonds. The summed E-state index contributed by atoms with van der Waals surface area (Å²) in [5, 5.41) is 5.89. The molecule has 6 heteroatoms. The molecule has 1 aromatic heterocycles. The molecule has 1 saturated heterocycles. The van der Waals surface area contributed by atoms with E-state index in [9.17, 15) is 4.79 Å². The molecule has 2 aromatic carbocycles. The normalized spacial score (nSPS) is 14.2. The van der Waals surface area contributed by atoms with Crippen molar-refractivity contribution in [2.24, 2.45) is 0 Å². The van der Waals surface area contributed by atoms with E-state index >= 15 is 0 Å². The van der Waals surface area contributed by atoms with Gasteiger partial charge in [0.2, 0.25) is 0 Å². The van der Waals surface area contributed by atoms with Crippen molar-refractivity contribution < 1.29 is 4.79 Å². The monoisotopic (exact) mass is 422 g/mol. The summed E-state index contributed by atoms with van der Waals surface area (Å²) in [5.41, 5.74) is 1.88. The van der Waals surface area contributed by atoms with Crippen LogP contribution >= 0.6 is 11.6 Å². The van der Waals surface area contributed by atoms with Crippen molar-refractivity contribution in [1.29, 1.82) is 0 Å². The predicted octanol–water partition coefficient (Wildman–Crippen LogP) is 4.74. The number of unbranched alkanes of at least 4 members (excludes halogenated alkanes) is 1. The lowest BCUT2D eigenvalue weighted by Gasteiger charge is -2.37. The van der Waals surface area contributed by atoms with Gasteiger partial charge < -0.3 is 15.1 Å². The maximum Gasteiger partial charge on any atom is 0.251 e. The predicted molar refractivity (Wildman–Crippen MR) is 125 cm³/mol. The first-order chi connectivity index (χ1) is 14.7. The number of hydrogen-bond donors (Lipinski definition) is 1. The summed E-state index contributed by atoms with van der Waals surface area (Å²) >= 11 is 6.02. The molecule has 4 rings (SSSR count). The van der Waals surface area contributed by atoms with Crippen molar-refractivity contribution >= 4 is 39.8 Å². The van der Waals surface area contributed by atoms with Gasteiger partial charge in [0, 0.05) is 60.6 Å². The average molecular weight is 423 g/mol. The molecule has 0 atom stereocenters. The van der Waals surface area contributed by atoms with Crippen LogP contribution in [-0.2, 0) is 0 Å². The smallest absolute Gasteiger partial charge is 0.251 e. The molecular weight excluding hydrogens is 396 g/mol. The average Bonchev–Trinajstić information content (AvgIpc) is 2.79. The fourth-order valence-electron chi connectivity index (χ4n) is 3.86. The van der Waals surface area contributed by atoms with E-state index in [1.165, 1.54) is 5.69 Å². The number of rotatable bonds is 6. The molecule has 30 heavy (non-hydrogen) atoms. The van der Waals surface area contributed by atoms with E-state index in [-0.39, 0.29) is 5.91 Å². The van der Waals surface area contributed by atoms with Gasteiger partial charge in [0.05, 0.1) is 0 Å². The molecule has 0 spiro atoms. The molecule has 3 aromatic rings. The minimum Gasteiger partial charge on any atom is -0.368 e. The Morgan fingerprint density at radius 2 is 1.77 bits per heavy atom. The summed E-state index contributed by atoms with van der Waals surface area (Å²) in [5.74, 6) is 0.930. The van der Waals surface area contributed by atoms with E-state index in [2.05, 4.69) is 39.2 Å². The van der Waals surface area contributed by atoms with Crippen LogP contribution in [0.15, 0.2) is 54.7 Å². The molecule has 1 aliphatic heterocycles. The summed E-state index contributed by atoms with van der Waals surface area (Å²) in [6.07, 6.45) is 3.91.